The molecule has 0 saturated heterocycles. The van der Waals surface area contributed by atoms with Crippen LogP contribution >= 0.6 is 0 Å². The van der Waals surface area contributed by atoms with Crippen molar-refractivity contribution in [1.29, 1.82) is 0 Å². The van der Waals surface area contributed by atoms with Crippen LogP contribution in [0.4, 0.5) is 0 Å². The third kappa shape index (κ3) is 4.73. The summed E-state index contributed by atoms with van der Waals surface area (Å²) in [7, 11) is 1.64. The number of rotatable bonds is 8. The fourth-order valence-electron chi connectivity index (χ4n) is 1.79. The first-order valence-electron chi connectivity index (χ1n) is 6.75. The van der Waals surface area contributed by atoms with Crippen molar-refractivity contribution < 1.29 is 14.6 Å². The van der Waals surface area contributed by atoms with Gasteiger partial charge in [-0.25, -0.2) is 0 Å². The van der Waals surface area contributed by atoms with Gasteiger partial charge in [-0.3, -0.25) is 0 Å². The molecule has 0 spiro atoms. The lowest BCUT2D eigenvalue weighted by Crippen LogP contribution is -2.36. The summed E-state index contributed by atoms with van der Waals surface area (Å²) in [6.45, 7) is 7.54. The van der Waals surface area contributed by atoms with Gasteiger partial charge in [-0.15, -0.1) is 0 Å². The fraction of sp³-hybridized carbons (Fsp3) is 0.600. The van der Waals surface area contributed by atoms with Crippen LogP contribution in [0.1, 0.15) is 32.8 Å². The highest BCUT2D eigenvalue weighted by molar-refractivity contribution is 5.46. The van der Waals surface area contributed by atoms with Crippen LogP contribution in [-0.2, 0) is 6.54 Å². The molecule has 0 heterocycles. The van der Waals surface area contributed by atoms with Gasteiger partial charge in [-0.1, -0.05) is 19.1 Å². The second-order valence-corrected chi connectivity index (χ2v) is 4.84. The minimum atomic E-state index is -0.676. The first-order chi connectivity index (χ1) is 9.04. The van der Waals surface area contributed by atoms with Gasteiger partial charge in [-0.2, -0.15) is 0 Å². The average molecular weight is 267 g/mol. The molecule has 1 rings (SSSR count). The molecule has 0 aliphatic heterocycles. The number of hydrogen-bond acceptors (Lipinski definition) is 4. The monoisotopic (exact) mass is 267 g/mol. The molecule has 1 aromatic carbocycles. The molecule has 2 N–H and O–H groups in total. The van der Waals surface area contributed by atoms with Crippen molar-refractivity contribution >= 4 is 0 Å². The van der Waals surface area contributed by atoms with Crippen LogP contribution in [0.3, 0.4) is 0 Å². The summed E-state index contributed by atoms with van der Waals surface area (Å²) in [5.41, 5.74) is 0.352. The Bertz CT molecular complexity index is 391. The topological polar surface area (TPSA) is 50.7 Å². The first-order valence-corrected chi connectivity index (χ1v) is 6.75. The minimum Gasteiger partial charge on any atom is -0.493 e. The van der Waals surface area contributed by atoms with Crippen molar-refractivity contribution in [2.75, 3.05) is 20.3 Å². The molecule has 1 atom stereocenters. The molecule has 0 aliphatic rings. The van der Waals surface area contributed by atoms with E-state index in [1.54, 1.807) is 7.11 Å². The Morgan fingerprint density at radius 2 is 2.05 bits per heavy atom. The number of aliphatic hydroxyl groups is 1. The van der Waals surface area contributed by atoms with E-state index in [9.17, 15) is 5.11 Å². The van der Waals surface area contributed by atoms with Gasteiger partial charge < -0.3 is 19.9 Å². The van der Waals surface area contributed by atoms with Gasteiger partial charge in [0.15, 0.2) is 11.5 Å². The summed E-state index contributed by atoms with van der Waals surface area (Å²) < 4.78 is 10.9. The molecule has 1 unspecified atom stereocenters. The van der Waals surface area contributed by atoms with Crippen LogP contribution in [0.5, 0.6) is 11.5 Å². The van der Waals surface area contributed by atoms with Gasteiger partial charge in [0.25, 0.3) is 0 Å². The van der Waals surface area contributed by atoms with E-state index in [2.05, 4.69) is 5.32 Å². The molecule has 0 bridgehead atoms. The second kappa shape index (κ2) is 7.36. The molecule has 0 fully saturated rings. The van der Waals surface area contributed by atoms with E-state index in [1.807, 2.05) is 39.0 Å². The lowest BCUT2D eigenvalue weighted by atomic mass is 10.0. The van der Waals surface area contributed by atoms with E-state index in [1.165, 1.54) is 0 Å². The maximum Gasteiger partial charge on any atom is 0.165 e. The summed E-state index contributed by atoms with van der Waals surface area (Å²) in [6, 6.07) is 5.84. The standard InChI is InChI=1S/C15H25NO3/c1-5-15(3,17)11-16-10-12-8-7-9-13(19-6-2)14(12)18-4/h7-9,16-17H,5-6,10-11H2,1-4H3. The second-order valence-electron chi connectivity index (χ2n) is 4.84. The highest BCUT2D eigenvalue weighted by Gasteiger charge is 2.17. The van der Waals surface area contributed by atoms with Gasteiger partial charge in [-0.05, 0) is 26.3 Å². The summed E-state index contributed by atoms with van der Waals surface area (Å²) in [5.74, 6) is 1.51. The van der Waals surface area contributed by atoms with Crippen molar-refractivity contribution in [2.45, 2.75) is 39.3 Å². The number of hydrogen-bond donors (Lipinski definition) is 2. The molecule has 4 heteroatoms. The third-order valence-electron chi connectivity index (χ3n) is 3.15. The van der Waals surface area contributed by atoms with Crippen molar-refractivity contribution in [3.63, 3.8) is 0 Å². The largest absolute Gasteiger partial charge is 0.493 e. The molecule has 0 saturated carbocycles. The van der Waals surface area contributed by atoms with Crippen molar-refractivity contribution in [2.24, 2.45) is 0 Å². The van der Waals surface area contributed by atoms with Crippen LogP contribution in [0.2, 0.25) is 0 Å². The van der Waals surface area contributed by atoms with E-state index in [-0.39, 0.29) is 0 Å². The smallest absolute Gasteiger partial charge is 0.165 e. The van der Waals surface area contributed by atoms with E-state index in [0.29, 0.717) is 19.7 Å². The number of ether oxygens (including phenoxy) is 2. The maximum absolute atomic E-state index is 9.95. The highest BCUT2D eigenvalue weighted by atomic mass is 16.5. The van der Waals surface area contributed by atoms with E-state index < -0.39 is 5.60 Å². The number of methoxy groups -OCH3 is 1. The predicted molar refractivity (Wildman–Crippen MR) is 76.8 cm³/mol. The zero-order valence-electron chi connectivity index (χ0n) is 12.3. The van der Waals surface area contributed by atoms with E-state index in [0.717, 1.165) is 23.5 Å². The Hall–Kier alpha value is -1.26. The normalized spacial score (nSPS) is 13.9. The maximum atomic E-state index is 9.95. The predicted octanol–water partition coefficient (Wildman–Crippen LogP) is 2.34. The van der Waals surface area contributed by atoms with Crippen molar-refractivity contribution in [3.8, 4) is 11.5 Å². The van der Waals surface area contributed by atoms with Crippen LogP contribution in [0, 0.1) is 0 Å². The van der Waals surface area contributed by atoms with Crippen LogP contribution in [0.15, 0.2) is 18.2 Å². The zero-order chi connectivity index (χ0) is 14.3. The molecular formula is C15H25NO3. The number of benzene rings is 1. The Labute approximate surface area is 115 Å². The van der Waals surface area contributed by atoms with Gasteiger partial charge in [0.05, 0.1) is 19.3 Å². The fourth-order valence-corrected chi connectivity index (χ4v) is 1.79. The van der Waals surface area contributed by atoms with Crippen molar-refractivity contribution in [3.05, 3.63) is 23.8 Å². The van der Waals surface area contributed by atoms with Crippen LogP contribution < -0.4 is 14.8 Å². The molecule has 0 radical (unpaired) electrons. The quantitative estimate of drug-likeness (QED) is 0.759. The highest BCUT2D eigenvalue weighted by Crippen LogP contribution is 2.30. The number of para-hydroxylation sites is 1. The molecule has 4 nitrogen and oxygen atoms in total. The molecule has 1 aromatic rings. The molecular weight excluding hydrogens is 242 g/mol. The first kappa shape index (κ1) is 15.8. The zero-order valence-corrected chi connectivity index (χ0v) is 12.3. The van der Waals surface area contributed by atoms with Crippen LogP contribution in [0.25, 0.3) is 0 Å². The summed E-state index contributed by atoms with van der Waals surface area (Å²) in [5, 5.41) is 13.2. The summed E-state index contributed by atoms with van der Waals surface area (Å²) >= 11 is 0. The SMILES string of the molecule is CCOc1cccc(CNCC(C)(O)CC)c1OC. The Kier molecular flexibility index (Phi) is 6.12. The molecule has 108 valence electrons. The molecule has 0 amide bonds. The summed E-state index contributed by atoms with van der Waals surface area (Å²) in [6.07, 6.45) is 0.718. The lowest BCUT2D eigenvalue weighted by Gasteiger charge is -2.22. The van der Waals surface area contributed by atoms with E-state index in [4.69, 9.17) is 9.47 Å². The van der Waals surface area contributed by atoms with E-state index >= 15 is 0 Å². The van der Waals surface area contributed by atoms with Crippen molar-refractivity contribution in [1.82, 2.24) is 5.32 Å². The average Bonchev–Trinajstić information content (AvgIpc) is 2.39. The molecule has 19 heavy (non-hydrogen) atoms. The van der Waals surface area contributed by atoms with Crippen LogP contribution in [-0.4, -0.2) is 31.0 Å². The van der Waals surface area contributed by atoms with Gasteiger partial charge >= 0.3 is 0 Å². The summed E-state index contributed by atoms with van der Waals surface area (Å²) in [4.78, 5) is 0. The Morgan fingerprint density at radius 1 is 1.32 bits per heavy atom. The third-order valence-corrected chi connectivity index (χ3v) is 3.15. The van der Waals surface area contributed by atoms with Gasteiger partial charge in [0.1, 0.15) is 0 Å². The Balaban J connectivity index is 2.70. The molecule has 0 aromatic heterocycles. The molecule has 0 aliphatic carbocycles. The Morgan fingerprint density at radius 3 is 2.63 bits per heavy atom. The van der Waals surface area contributed by atoms with Gasteiger partial charge in [0.2, 0.25) is 0 Å². The van der Waals surface area contributed by atoms with Gasteiger partial charge in [0, 0.05) is 18.7 Å². The number of nitrogens with one attached hydrogen (secondary N) is 1. The lowest BCUT2D eigenvalue weighted by molar-refractivity contribution is 0.0555. The minimum absolute atomic E-state index is 0.547.